The highest BCUT2D eigenvalue weighted by molar-refractivity contribution is 7.89. The van der Waals surface area contributed by atoms with Gasteiger partial charge in [-0.25, -0.2) is 8.42 Å². The summed E-state index contributed by atoms with van der Waals surface area (Å²) < 4.78 is 27.1. The Morgan fingerprint density at radius 2 is 1.74 bits per heavy atom. The molecule has 0 heterocycles. The van der Waals surface area contributed by atoms with Gasteiger partial charge in [-0.15, -0.1) is 6.58 Å². The van der Waals surface area contributed by atoms with Crippen molar-refractivity contribution in [2.75, 3.05) is 13.1 Å². The molecule has 1 amide bonds. The summed E-state index contributed by atoms with van der Waals surface area (Å²) in [5, 5.41) is 2.87. The van der Waals surface area contributed by atoms with Gasteiger partial charge in [-0.3, -0.25) is 4.79 Å². The standard InChI is InChI=1S/C21H26N2O3S/c1-4-14-23(27(25,26)20-8-6-5-7-9-20)16-18-10-12-19(13-11-18)21(24)22-15-17(2)3/h4-13,17H,1,14-16H2,2-3H3,(H,22,24). The number of rotatable bonds is 9. The third kappa shape index (κ3) is 5.77. The predicted molar refractivity (Wildman–Crippen MR) is 108 cm³/mol. The summed E-state index contributed by atoms with van der Waals surface area (Å²) in [6.45, 7) is 8.75. The fourth-order valence-electron chi connectivity index (χ4n) is 2.50. The van der Waals surface area contributed by atoms with Crippen molar-refractivity contribution < 1.29 is 13.2 Å². The van der Waals surface area contributed by atoms with Crippen LogP contribution in [0.5, 0.6) is 0 Å². The van der Waals surface area contributed by atoms with Crippen molar-refractivity contribution in [2.24, 2.45) is 5.92 Å². The maximum Gasteiger partial charge on any atom is 0.251 e. The highest BCUT2D eigenvalue weighted by Gasteiger charge is 2.23. The molecule has 5 nitrogen and oxygen atoms in total. The van der Waals surface area contributed by atoms with Gasteiger partial charge in [0.25, 0.3) is 5.91 Å². The highest BCUT2D eigenvalue weighted by Crippen LogP contribution is 2.18. The summed E-state index contributed by atoms with van der Waals surface area (Å²) in [7, 11) is -3.62. The van der Waals surface area contributed by atoms with Crippen LogP contribution in [0.1, 0.15) is 29.8 Å². The van der Waals surface area contributed by atoms with Crippen LogP contribution in [-0.2, 0) is 16.6 Å². The Hall–Kier alpha value is -2.44. The lowest BCUT2D eigenvalue weighted by molar-refractivity contribution is 0.0949. The Morgan fingerprint density at radius 3 is 2.30 bits per heavy atom. The number of nitrogens with one attached hydrogen (secondary N) is 1. The Balaban J connectivity index is 2.15. The smallest absolute Gasteiger partial charge is 0.251 e. The topological polar surface area (TPSA) is 66.5 Å². The monoisotopic (exact) mass is 386 g/mol. The largest absolute Gasteiger partial charge is 0.352 e. The Labute approximate surface area is 161 Å². The van der Waals surface area contributed by atoms with Crippen LogP contribution in [0.25, 0.3) is 0 Å². The molecule has 1 N–H and O–H groups in total. The number of sulfonamides is 1. The van der Waals surface area contributed by atoms with Crippen LogP contribution in [0.15, 0.2) is 72.1 Å². The molecule has 0 aliphatic heterocycles. The molecule has 2 rings (SSSR count). The summed E-state index contributed by atoms with van der Waals surface area (Å²) in [6.07, 6.45) is 1.56. The second-order valence-corrected chi connectivity index (χ2v) is 8.64. The Kier molecular flexibility index (Phi) is 7.33. The summed E-state index contributed by atoms with van der Waals surface area (Å²) in [4.78, 5) is 12.3. The van der Waals surface area contributed by atoms with E-state index in [1.807, 2.05) is 13.8 Å². The molecule has 2 aromatic rings. The lowest BCUT2D eigenvalue weighted by Crippen LogP contribution is -2.31. The fraction of sp³-hybridized carbons (Fsp3) is 0.286. The first-order chi connectivity index (χ1) is 12.8. The molecule has 0 unspecified atom stereocenters. The van der Waals surface area contributed by atoms with E-state index in [9.17, 15) is 13.2 Å². The summed E-state index contributed by atoms with van der Waals surface area (Å²) in [5.74, 6) is 0.249. The van der Waals surface area contributed by atoms with Gasteiger partial charge >= 0.3 is 0 Å². The van der Waals surface area contributed by atoms with Gasteiger partial charge in [0.2, 0.25) is 10.0 Å². The zero-order chi connectivity index (χ0) is 19.9. The number of hydrogen-bond acceptors (Lipinski definition) is 3. The van der Waals surface area contributed by atoms with E-state index in [-0.39, 0.29) is 23.9 Å². The fourth-order valence-corrected chi connectivity index (χ4v) is 3.92. The van der Waals surface area contributed by atoms with Crippen LogP contribution in [0.4, 0.5) is 0 Å². The zero-order valence-electron chi connectivity index (χ0n) is 15.8. The molecule has 0 bridgehead atoms. The molecule has 6 heteroatoms. The first-order valence-electron chi connectivity index (χ1n) is 8.88. The summed E-state index contributed by atoms with van der Waals surface area (Å²) >= 11 is 0. The number of hydrogen-bond donors (Lipinski definition) is 1. The zero-order valence-corrected chi connectivity index (χ0v) is 16.6. The van der Waals surface area contributed by atoms with Crippen molar-refractivity contribution in [2.45, 2.75) is 25.3 Å². The van der Waals surface area contributed by atoms with E-state index in [1.165, 1.54) is 4.31 Å². The maximum atomic E-state index is 12.9. The molecule has 0 atom stereocenters. The van der Waals surface area contributed by atoms with Crippen LogP contribution in [-0.4, -0.2) is 31.7 Å². The van der Waals surface area contributed by atoms with E-state index >= 15 is 0 Å². The molecule has 0 aliphatic rings. The quantitative estimate of drug-likeness (QED) is 0.671. The first-order valence-corrected chi connectivity index (χ1v) is 10.3. The third-order valence-electron chi connectivity index (χ3n) is 3.96. The van der Waals surface area contributed by atoms with Gasteiger partial charge in [-0.2, -0.15) is 4.31 Å². The van der Waals surface area contributed by atoms with E-state index in [4.69, 9.17) is 0 Å². The van der Waals surface area contributed by atoms with Crippen molar-refractivity contribution in [3.63, 3.8) is 0 Å². The molecular formula is C21H26N2O3S. The van der Waals surface area contributed by atoms with Crippen molar-refractivity contribution in [1.29, 1.82) is 0 Å². The normalized spacial score (nSPS) is 11.6. The molecule has 0 saturated heterocycles. The first kappa shape index (κ1) is 20.9. The van der Waals surface area contributed by atoms with E-state index in [0.29, 0.717) is 18.0 Å². The second kappa shape index (κ2) is 9.48. The van der Waals surface area contributed by atoms with Crippen LogP contribution >= 0.6 is 0 Å². The van der Waals surface area contributed by atoms with Gasteiger partial charge < -0.3 is 5.32 Å². The number of carbonyl (C=O) groups excluding carboxylic acids is 1. The molecule has 0 saturated carbocycles. The molecule has 2 aromatic carbocycles. The number of carbonyl (C=O) groups is 1. The minimum Gasteiger partial charge on any atom is -0.352 e. The van der Waals surface area contributed by atoms with Crippen molar-refractivity contribution in [3.05, 3.63) is 78.4 Å². The van der Waals surface area contributed by atoms with E-state index in [0.717, 1.165) is 5.56 Å². The molecule has 0 radical (unpaired) electrons. The van der Waals surface area contributed by atoms with Gasteiger partial charge in [-0.1, -0.05) is 50.3 Å². The van der Waals surface area contributed by atoms with E-state index in [2.05, 4.69) is 11.9 Å². The number of benzene rings is 2. The number of nitrogens with zero attached hydrogens (tertiary/aromatic N) is 1. The highest BCUT2D eigenvalue weighted by atomic mass is 32.2. The van der Waals surface area contributed by atoms with Gasteiger partial charge in [0.05, 0.1) is 4.90 Å². The van der Waals surface area contributed by atoms with Crippen LogP contribution in [0, 0.1) is 5.92 Å². The van der Waals surface area contributed by atoms with Gasteiger partial charge in [0, 0.05) is 25.2 Å². The molecule has 0 aromatic heterocycles. The Morgan fingerprint density at radius 1 is 1.11 bits per heavy atom. The number of amides is 1. The van der Waals surface area contributed by atoms with Crippen molar-refractivity contribution in [1.82, 2.24) is 9.62 Å². The Bertz CT molecular complexity index is 860. The third-order valence-corrected chi connectivity index (χ3v) is 5.79. The lowest BCUT2D eigenvalue weighted by atomic mass is 10.1. The summed E-state index contributed by atoms with van der Waals surface area (Å²) in [6, 6.07) is 15.3. The average molecular weight is 387 g/mol. The van der Waals surface area contributed by atoms with Crippen LogP contribution < -0.4 is 5.32 Å². The molecule has 0 fully saturated rings. The van der Waals surface area contributed by atoms with Crippen LogP contribution in [0.3, 0.4) is 0 Å². The molecule has 0 aliphatic carbocycles. The molecule has 27 heavy (non-hydrogen) atoms. The van der Waals surface area contributed by atoms with Crippen molar-refractivity contribution in [3.8, 4) is 0 Å². The van der Waals surface area contributed by atoms with Crippen LogP contribution in [0.2, 0.25) is 0 Å². The lowest BCUT2D eigenvalue weighted by Gasteiger charge is -2.21. The second-order valence-electron chi connectivity index (χ2n) is 6.70. The SMILES string of the molecule is C=CCN(Cc1ccc(C(=O)NCC(C)C)cc1)S(=O)(=O)c1ccccc1. The molecule has 144 valence electrons. The van der Waals surface area contributed by atoms with E-state index in [1.54, 1.807) is 60.7 Å². The maximum absolute atomic E-state index is 12.9. The van der Waals surface area contributed by atoms with E-state index < -0.39 is 10.0 Å². The minimum atomic E-state index is -3.62. The molecular weight excluding hydrogens is 360 g/mol. The molecule has 0 spiro atoms. The van der Waals surface area contributed by atoms with Gasteiger partial charge in [0.1, 0.15) is 0 Å². The van der Waals surface area contributed by atoms with Gasteiger partial charge in [-0.05, 0) is 35.7 Å². The summed E-state index contributed by atoms with van der Waals surface area (Å²) in [5.41, 5.74) is 1.36. The average Bonchev–Trinajstić information content (AvgIpc) is 2.67. The van der Waals surface area contributed by atoms with Crippen molar-refractivity contribution >= 4 is 15.9 Å². The van der Waals surface area contributed by atoms with Gasteiger partial charge in [0.15, 0.2) is 0 Å². The predicted octanol–water partition coefficient (Wildman–Crippen LogP) is 3.45. The minimum absolute atomic E-state index is 0.130.